The molecule has 1 aromatic heterocycles. The van der Waals surface area contributed by atoms with Crippen LogP contribution < -0.4 is 4.90 Å². The molecule has 2 heterocycles. The standard InChI is InChI=1S/C33H37N5O6S/c1-4-20-45(42,43)44-33(41)24-10-15-27-28(21-24)35-32(40)30(27)31(23-8-6-5-7-9-23)34-25-11-13-26(14-12-25)37(3)29(39)22-38-18-16-36(2)17-19-38/h5-15,21,35,40H,4,16-20,22H2,1-3H3. The molecule has 4 aromatic rings. The molecule has 12 heteroatoms. The first-order valence-electron chi connectivity index (χ1n) is 14.8. The molecule has 1 saturated heterocycles. The van der Waals surface area contributed by atoms with Crippen molar-refractivity contribution >= 4 is 50.0 Å². The van der Waals surface area contributed by atoms with Crippen molar-refractivity contribution in [3.63, 3.8) is 0 Å². The molecule has 11 nitrogen and oxygen atoms in total. The van der Waals surface area contributed by atoms with Crippen molar-refractivity contribution < 1.29 is 27.3 Å². The highest BCUT2D eigenvalue weighted by Gasteiger charge is 2.23. The minimum absolute atomic E-state index is 0.00991. The third-order valence-corrected chi connectivity index (χ3v) is 9.08. The van der Waals surface area contributed by atoms with Gasteiger partial charge in [0.15, 0.2) is 5.88 Å². The predicted molar refractivity (Wildman–Crippen MR) is 175 cm³/mol. The van der Waals surface area contributed by atoms with E-state index < -0.39 is 16.1 Å². The average molecular weight is 632 g/mol. The number of nitrogens with one attached hydrogen (secondary N) is 1. The van der Waals surface area contributed by atoms with Gasteiger partial charge in [0.2, 0.25) is 5.91 Å². The molecule has 45 heavy (non-hydrogen) atoms. The number of aromatic hydroxyl groups is 1. The van der Waals surface area contributed by atoms with Crippen LogP contribution in [0.5, 0.6) is 5.88 Å². The van der Waals surface area contributed by atoms with Gasteiger partial charge in [-0.2, -0.15) is 8.42 Å². The first-order valence-corrected chi connectivity index (χ1v) is 16.4. The largest absolute Gasteiger partial charge is 0.494 e. The van der Waals surface area contributed by atoms with Crippen LogP contribution in [-0.2, 0) is 19.1 Å². The van der Waals surface area contributed by atoms with E-state index in [1.807, 2.05) is 54.6 Å². The summed E-state index contributed by atoms with van der Waals surface area (Å²) in [5.74, 6) is -1.42. The molecule has 0 aliphatic carbocycles. The van der Waals surface area contributed by atoms with Crippen molar-refractivity contribution in [3.05, 3.63) is 89.5 Å². The summed E-state index contributed by atoms with van der Waals surface area (Å²) >= 11 is 0. The molecular formula is C33H37N5O6S. The number of rotatable bonds is 10. The fraction of sp³-hybridized carbons (Fsp3) is 0.303. The monoisotopic (exact) mass is 631 g/mol. The summed E-state index contributed by atoms with van der Waals surface area (Å²) < 4.78 is 28.8. The molecule has 1 fully saturated rings. The van der Waals surface area contributed by atoms with E-state index in [0.717, 1.165) is 37.4 Å². The molecule has 3 aromatic carbocycles. The lowest BCUT2D eigenvalue weighted by Gasteiger charge is -2.32. The number of aliphatic imine (C=N–C) groups is 1. The Kier molecular flexibility index (Phi) is 9.66. The van der Waals surface area contributed by atoms with Crippen LogP contribution in [-0.4, -0.2) is 98.5 Å². The van der Waals surface area contributed by atoms with Gasteiger partial charge in [-0.1, -0.05) is 43.3 Å². The van der Waals surface area contributed by atoms with Gasteiger partial charge in [0.05, 0.1) is 34.8 Å². The van der Waals surface area contributed by atoms with Gasteiger partial charge in [-0.25, -0.2) is 9.79 Å². The summed E-state index contributed by atoms with van der Waals surface area (Å²) in [7, 11) is -0.150. The van der Waals surface area contributed by atoms with Crippen LogP contribution in [0.1, 0.15) is 34.8 Å². The number of nitrogens with zero attached hydrogens (tertiary/aromatic N) is 4. The summed E-state index contributed by atoms with van der Waals surface area (Å²) in [6.45, 7) is 5.64. The predicted octanol–water partition coefficient (Wildman–Crippen LogP) is 4.15. The number of piperazine rings is 1. The second kappa shape index (κ2) is 13.6. The minimum atomic E-state index is -4.00. The van der Waals surface area contributed by atoms with E-state index in [0.29, 0.717) is 40.8 Å². The van der Waals surface area contributed by atoms with Crippen molar-refractivity contribution in [2.75, 3.05) is 57.5 Å². The number of amides is 1. The van der Waals surface area contributed by atoms with Gasteiger partial charge in [0.25, 0.3) is 0 Å². The average Bonchev–Trinajstić information content (AvgIpc) is 3.35. The van der Waals surface area contributed by atoms with E-state index in [2.05, 4.69) is 21.8 Å². The number of hydrogen-bond acceptors (Lipinski definition) is 9. The van der Waals surface area contributed by atoms with Crippen LogP contribution in [0.3, 0.4) is 0 Å². The van der Waals surface area contributed by atoms with Crippen LogP contribution in [0.25, 0.3) is 10.9 Å². The first-order chi connectivity index (χ1) is 21.5. The second-order valence-corrected chi connectivity index (χ2v) is 12.8. The van der Waals surface area contributed by atoms with Crippen LogP contribution in [0.15, 0.2) is 77.8 Å². The summed E-state index contributed by atoms with van der Waals surface area (Å²) in [4.78, 5) is 39.4. The molecule has 1 aliphatic rings. The van der Waals surface area contributed by atoms with E-state index in [1.165, 1.54) is 12.1 Å². The van der Waals surface area contributed by atoms with E-state index >= 15 is 0 Å². The van der Waals surface area contributed by atoms with Gasteiger partial charge in [0.1, 0.15) is 0 Å². The van der Waals surface area contributed by atoms with Crippen molar-refractivity contribution in [1.82, 2.24) is 14.8 Å². The van der Waals surface area contributed by atoms with Gasteiger partial charge in [-0.3, -0.25) is 9.69 Å². The van der Waals surface area contributed by atoms with Gasteiger partial charge in [0, 0.05) is 55.4 Å². The number of hydrogen-bond donors (Lipinski definition) is 2. The number of H-pyrrole nitrogens is 1. The number of fused-ring (bicyclic) bond motifs is 1. The van der Waals surface area contributed by atoms with E-state index in [4.69, 9.17) is 9.18 Å². The maximum absolute atomic E-state index is 13.0. The smallest absolute Gasteiger partial charge is 0.353 e. The Labute approximate surface area is 262 Å². The highest BCUT2D eigenvalue weighted by molar-refractivity contribution is 7.87. The van der Waals surface area contributed by atoms with E-state index in [9.17, 15) is 23.1 Å². The summed E-state index contributed by atoms with van der Waals surface area (Å²) in [5, 5.41) is 11.6. The summed E-state index contributed by atoms with van der Waals surface area (Å²) in [5.41, 5.74) is 3.41. The van der Waals surface area contributed by atoms with Crippen LogP contribution in [0, 0.1) is 0 Å². The molecule has 0 unspecified atom stereocenters. The summed E-state index contributed by atoms with van der Waals surface area (Å²) in [6.07, 6.45) is 0.318. The number of benzene rings is 3. The zero-order valence-electron chi connectivity index (χ0n) is 25.6. The van der Waals surface area contributed by atoms with Gasteiger partial charge < -0.3 is 24.1 Å². The van der Waals surface area contributed by atoms with Gasteiger partial charge in [-0.05, 0) is 49.9 Å². The third kappa shape index (κ3) is 7.59. The molecule has 0 bridgehead atoms. The Morgan fingerprint density at radius 1 is 0.978 bits per heavy atom. The second-order valence-electron chi connectivity index (χ2n) is 11.1. The highest BCUT2D eigenvalue weighted by atomic mass is 32.2. The Morgan fingerprint density at radius 2 is 1.67 bits per heavy atom. The topological polar surface area (TPSA) is 136 Å². The molecule has 0 saturated carbocycles. The van der Waals surface area contributed by atoms with Crippen molar-refractivity contribution in [2.45, 2.75) is 13.3 Å². The molecule has 1 amide bonds. The molecule has 0 atom stereocenters. The lowest BCUT2D eigenvalue weighted by molar-refractivity contribution is -0.119. The number of anilines is 1. The first kappa shape index (κ1) is 31.9. The van der Waals surface area contributed by atoms with Crippen LogP contribution in [0.4, 0.5) is 11.4 Å². The minimum Gasteiger partial charge on any atom is -0.494 e. The van der Waals surface area contributed by atoms with E-state index in [-0.39, 0.29) is 23.1 Å². The Hall–Kier alpha value is -4.52. The molecule has 1 aliphatic heterocycles. The lowest BCUT2D eigenvalue weighted by atomic mass is 10.00. The Bertz CT molecular complexity index is 1810. The maximum Gasteiger partial charge on any atom is 0.353 e. The molecule has 2 N–H and O–H groups in total. The Morgan fingerprint density at radius 3 is 2.33 bits per heavy atom. The Balaban J connectivity index is 1.43. The van der Waals surface area contributed by atoms with Crippen molar-refractivity contribution in [1.29, 1.82) is 0 Å². The summed E-state index contributed by atoms with van der Waals surface area (Å²) in [6, 6.07) is 21.2. The molecular weight excluding hydrogens is 594 g/mol. The van der Waals surface area contributed by atoms with Gasteiger partial charge in [-0.15, -0.1) is 0 Å². The number of likely N-dealkylation sites (N-methyl/N-ethyl adjacent to an activating group) is 2. The number of carbonyl (C=O) groups is 2. The number of aromatic nitrogens is 1. The normalized spacial score (nSPS) is 14.9. The molecule has 5 rings (SSSR count). The number of carbonyl (C=O) groups excluding carboxylic acids is 2. The third-order valence-electron chi connectivity index (χ3n) is 7.76. The molecule has 0 spiro atoms. The van der Waals surface area contributed by atoms with Crippen LogP contribution in [0.2, 0.25) is 0 Å². The fourth-order valence-corrected chi connectivity index (χ4v) is 6.10. The zero-order chi connectivity index (χ0) is 32.1. The number of aromatic amines is 1. The van der Waals surface area contributed by atoms with Crippen molar-refractivity contribution in [3.8, 4) is 5.88 Å². The fourth-order valence-electron chi connectivity index (χ4n) is 5.19. The zero-order valence-corrected chi connectivity index (χ0v) is 26.4. The van der Waals surface area contributed by atoms with Crippen molar-refractivity contribution in [2.24, 2.45) is 4.99 Å². The molecule has 0 radical (unpaired) electrons. The lowest BCUT2D eigenvalue weighted by Crippen LogP contribution is -2.48. The maximum atomic E-state index is 13.0. The SMILES string of the molecule is CCCS(=O)(=O)OC(=O)c1ccc2c(C(=Nc3ccc(N(C)C(=O)CN4CCN(C)CC4)cc3)c3ccccc3)c(O)[nH]c2c1. The quantitative estimate of drug-likeness (QED) is 0.197. The highest BCUT2D eigenvalue weighted by Crippen LogP contribution is 2.32. The van der Waals surface area contributed by atoms with Crippen LogP contribution >= 0.6 is 0 Å². The van der Waals surface area contributed by atoms with E-state index in [1.54, 1.807) is 24.9 Å². The van der Waals surface area contributed by atoms with Gasteiger partial charge >= 0.3 is 16.1 Å². The molecule has 236 valence electrons.